The maximum absolute atomic E-state index is 12.0. The lowest BCUT2D eigenvalue weighted by Crippen LogP contribution is -2.40. The molecule has 0 spiro atoms. The summed E-state index contributed by atoms with van der Waals surface area (Å²) < 4.78 is 0. The molecule has 3 atom stereocenters. The molecule has 1 saturated carbocycles. The van der Waals surface area contributed by atoms with E-state index in [1.807, 2.05) is 6.92 Å². The topological polar surface area (TPSA) is 66.4 Å². The average molecular weight is 211 g/mol. The van der Waals surface area contributed by atoms with Crippen molar-refractivity contribution in [1.29, 1.82) is 0 Å². The van der Waals surface area contributed by atoms with Crippen molar-refractivity contribution in [3.8, 4) is 0 Å². The fourth-order valence-corrected chi connectivity index (χ4v) is 2.84. The highest BCUT2D eigenvalue weighted by Gasteiger charge is 2.50. The van der Waals surface area contributed by atoms with Crippen LogP contribution in [0, 0.1) is 5.41 Å². The van der Waals surface area contributed by atoms with Gasteiger partial charge in [-0.2, -0.15) is 0 Å². The van der Waals surface area contributed by atoms with Gasteiger partial charge < -0.3 is 10.4 Å². The summed E-state index contributed by atoms with van der Waals surface area (Å²) in [7, 11) is 0. The van der Waals surface area contributed by atoms with Crippen molar-refractivity contribution < 1.29 is 14.7 Å². The Bertz CT molecular complexity index is 302. The Morgan fingerprint density at radius 3 is 2.93 bits per heavy atom. The summed E-state index contributed by atoms with van der Waals surface area (Å²) in [5.74, 6) is -0.599. The summed E-state index contributed by atoms with van der Waals surface area (Å²) >= 11 is 0. The van der Waals surface area contributed by atoms with E-state index < -0.39 is 17.4 Å². The molecule has 1 saturated heterocycles. The van der Waals surface area contributed by atoms with Crippen molar-refractivity contribution in [3.63, 3.8) is 0 Å². The van der Waals surface area contributed by atoms with E-state index in [2.05, 4.69) is 5.32 Å². The normalized spacial score (nSPS) is 41.0. The van der Waals surface area contributed by atoms with Crippen molar-refractivity contribution in [2.24, 2.45) is 5.41 Å². The number of hydrogen-bond donors (Lipinski definition) is 2. The van der Waals surface area contributed by atoms with Crippen molar-refractivity contribution in [3.05, 3.63) is 0 Å². The Morgan fingerprint density at radius 2 is 2.27 bits per heavy atom. The smallest absolute Gasteiger partial charge is 0.320 e. The minimum atomic E-state index is -0.836. The SMILES string of the molecule is C[C@@]12C[C@H](C(=O)O)N[C@@H]1CCCCC2=O. The Labute approximate surface area is 89.0 Å². The summed E-state index contributed by atoms with van der Waals surface area (Å²) in [5.41, 5.74) is -0.445. The number of ketones is 1. The van der Waals surface area contributed by atoms with Crippen LogP contribution in [0.15, 0.2) is 0 Å². The highest BCUT2D eigenvalue weighted by Crippen LogP contribution is 2.40. The predicted molar refractivity (Wildman–Crippen MR) is 54.5 cm³/mol. The quantitative estimate of drug-likeness (QED) is 0.677. The fourth-order valence-electron chi connectivity index (χ4n) is 2.84. The highest BCUT2D eigenvalue weighted by atomic mass is 16.4. The first kappa shape index (κ1) is 10.6. The van der Waals surface area contributed by atoms with Crippen LogP contribution in [0.3, 0.4) is 0 Å². The molecule has 2 N–H and O–H groups in total. The van der Waals surface area contributed by atoms with Gasteiger partial charge in [0.1, 0.15) is 11.8 Å². The number of carboxylic acid groups (broad SMARTS) is 1. The van der Waals surface area contributed by atoms with Gasteiger partial charge in [0.25, 0.3) is 0 Å². The van der Waals surface area contributed by atoms with E-state index in [1.165, 1.54) is 0 Å². The molecule has 84 valence electrons. The molecule has 0 aromatic carbocycles. The lowest BCUT2D eigenvalue weighted by Gasteiger charge is -2.26. The largest absolute Gasteiger partial charge is 0.480 e. The molecule has 0 aromatic rings. The highest BCUT2D eigenvalue weighted by molar-refractivity contribution is 5.87. The van der Waals surface area contributed by atoms with Gasteiger partial charge >= 0.3 is 5.97 Å². The molecular weight excluding hydrogens is 194 g/mol. The van der Waals surface area contributed by atoms with Crippen LogP contribution in [-0.2, 0) is 9.59 Å². The number of aliphatic carboxylic acids is 1. The molecule has 1 aliphatic carbocycles. The van der Waals surface area contributed by atoms with Crippen LogP contribution in [0.4, 0.5) is 0 Å². The first-order chi connectivity index (χ1) is 7.04. The van der Waals surface area contributed by atoms with Crippen molar-refractivity contribution in [2.45, 2.75) is 51.1 Å². The lowest BCUT2D eigenvalue weighted by atomic mass is 9.77. The zero-order valence-corrected chi connectivity index (χ0v) is 8.95. The van der Waals surface area contributed by atoms with Gasteiger partial charge in [0, 0.05) is 17.9 Å². The maximum Gasteiger partial charge on any atom is 0.320 e. The molecule has 0 amide bonds. The summed E-state index contributed by atoms with van der Waals surface area (Å²) in [4.78, 5) is 22.9. The molecule has 0 radical (unpaired) electrons. The number of hydrogen-bond acceptors (Lipinski definition) is 3. The van der Waals surface area contributed by atoms with E-state index in [4.69, 9.17) is 5.11 Å². The monoisotopic (exact) mass is 211 g/mol. The second kappa shape index (κ2) is 3.59. The van der Waals surface area contributed by atoms with Crippen LogP contribution in [-0.4, -0.2) is 28.9 Å². The summed E-state index contributed by atoms with van der Waals surface area (Å²) in [6, 6.07) is -0.476. The van der Waals surface area contributed by atoms with Crippen LogP contribution < -0.4 is 5.32 Å². The zero-order chi connectivity index (χ0) is 11.1. The number of carboxylic acids is 1. The van der Waals surface area contributed by atoms with Gasteiger partial charge in [-0.05, 0) is 19.3 Å². The molecule has 2 aliphatic rings. The van der Waals surface area contributed by atoms with Gasteiger partial charge in [-0.15, -0.1) is 0 Å². The van der Waals surface area contributed by atoms with Gasteiger partial charge in [-0.3, -0.25) is 9.59 Å². The maximum atomic E-state index is 12.0. The Balaban J connectivity index is 2.22. The second-order valence-corrected chi connectivity index (χ2v) is 4.90. The Morgan fingerprint density at radius 1 is 1.53 bits per heavy atom. The molecule has 1 aliphatic heterocycles. The number of rotatable bonds is 1. The van der Waals surface area contributed by atoms with E-state index in [9.17, 15) is 9.59 Å². The molecule has 4 heteroatoms. The van der Waals surface area contributed by atoms with Crippen LogP contribution in [0.25, 0.3) is 0 Å². The number of Topliss-reactive ketones (excluding diaryl/α,β-unsaturated/α-hetero) is 1. The van der Waals surface area contributed by atoms with Crippen molar-refractivity contribution in [1.82, 2.24) is 5.32 Å². The first-order valence-corrected chi connectivity index (χ1v) is 5.56. The predicted octanol–water partition coefficient (Wildman–Crippen LogP) is 0.951. The molecule has 0 aromatic heterocycles. The summed E-state index contributed by atoms with van der Waals surface area (Å²) in [6.45, 7) is 1.92. The molecule has 2 fully saturated rings. The van der Waals surface area contributed by atoms with Gasteiger partial charge in [0.2, 0.25) is 0 Å². The van der Waals surface area contributed by atoms with E-state index in [0.717, 1.165) is 19.3 Å². The standard InChI is InChI=1S/C11H17NO3/c1-11-6-7(10(14)15)12-8(11)4-2-3-5-9(11)13/h7-8,12H,2-6H2,1H3,(H,14,15)/t7-,8-,11-/m1/s1. The Kier molecular flexibility index (Phi) is 2.54. The molecule has 0 unspecified atom stereocenters. The fraction of sp³-hybridized carbons (Fsp3) is 0.818. The number of fused-ring (bicyclic) bond motifs is 1. The van der Waals surface area contributed by atoms with E-state index in [-0.39, 0.29) is 11.8 Å². The van der Waals surface area contributed by atoms with Crippen LogP contribution in [0.2, 0.25) is 0 Å². The van der Waals surface area contributed by atoms with Crippen molar-refractivity contribution >= 4 is 11.8 Å². The van der Waals surface area contributed by atoms with Gasteiger partial charge in [-0.25, -0.2) is 0 Å². The summed E-state index contributed by atoms with van der Waals surface area (Å²) in [5, 5.41) is 12.0. The lowest BCUT2D eigenvalue weighted by molar-refractivity contribution is -0.139. The molecular formula is C11H17NO3. The third-order valence-electron chi connectivity index (χ3n) is 3.88. The number of nitrogens with one attached hydrogen (secondary N) is 1. The average Bonchev–Trinajstić information content (AvgIpc) is 2.46. The number of carbonyl (C=O) groups is 2. The molecule has 0 bridgehead atoms. The molecule has 2 rings (SSSR count). The van der Waals surface area contributed by atoms with Gasteiger partial charge in [0.05, 0.1) is 0 Å². The van der Waals surface area contributed by atoms with E-state index in [0.29, 0.717) is 12.8 Å². The van der Waals surface area contributed by atoms with Crippen LogP contribution in [0.1, 0.15) is 39.0 Å². The van der Waals surface area contributed by atoms with E-state index >= 15 is 0 Å². The molecule has 15 heavy (non-hydrogen) atoms. The van der Waals surface area contributed by atoms with Gasteiger partial charge in [0.15, 0.2) is 0 Å². The summed E-state index contributed by atoms with van der Waals surface area (Å²) in [6.07, 6.45) is 3.95. The zero-order valence-electron chi connectivity index (χ0n) is 8.95. The minimum Gasteiger partial charge on any atom is -0.480 e. The minimum absolute atomic E-state index is 0.0635. The van der Waals surface area contributed by atoms with Crippen LogP contribution >= 0.6 is 0 Å². The van der Waals surface area contributed by atoms with Crippen LogP contribution in [0.5, 0.6) is 0 Å². The Hall–Kier alpha value is -0.900. The number of carbonyl (C=O) groups excluding carboxylic acids is 1. The molecule has 1 heterocycles. The second-order valence-electron chi connectivity index (χ2n) is 4.90. The third kappa shape index (κ3) is 1.67. The first-order valence-electron chi connectivity index (χ1n) is 5.56. The molecule has 4 nitrogen and oxygen atoms in total. The van der Waals surface area contributed by atoms with Gasteiger partial charge in [-0.1, -0.05) is 13.3 Å². The third-order valence-corrected chi connectivity index (χ3v) is 3.88. The van der Waals surface area contributed by atoms with Crippen molar-refractivity contribution in [2.75, 3.05) is 0 Å². The van der Waals surface area contributed by atoms with E-state index in [1.54, 1.807) is 0 Å².